The van der Waals surface area contributed by atoms with E-state index in [2.05, 4.69) is 19.9 Å². The number of methoxy groups -OCH3 is 1. The minimum absolute atomic E-state index is 0.136. The highest BCUT2D eigenvalue weighted by Crippen LogP contribution is 2.31. The average Bonchev–Trinajstić information content (AvgIpc) is 2.75. The first-order valence-electron chi connectivity index (χ1n) is 9.59. The average molecular weight is 383 g/mol. The van der Waals surface area contributed by atoms with E-state index in [0.717, 1.165) is 31.5 Å². The summed E-state index contributed by atoms with van der Waals surface area (Å²) in [5.41, 5.74) is 0.672. The van der Waals surface area contributed by atoms with E-state index in [1.54, 1.807) is 31.9 Å². The van der Waals surface area contributed by atoms with Crippen LogP contribution in [-0.2, 0) is 16.0 Å². The van der Waals surface area contributed by atoms with E-state index in [1.807, 2.05) is 17.0 Å². The van der Waals surface area contributed by atoms with Gasteiger partial charge < -0.3 is 19.3 Å². The zero-order valence-electron chi connectivity index (χ0n) is 16.1. The Hall–Kier alpha value is -2.74. The van der Waals surface area contributed by atoms with Crippen LogP contribution in [0.2, 0.25) is 0 Å². The summed E-state index contributed by atoms with van der Waals surface area (Å²) in [6, 6.07) is 3.80. The summed E-state index contributed by atoms with van der Waals surface area (Å²) in [5.74, 6) is 1.49. The maximum Gasteiger partial charge on any atom is 0.227 e. The van der Waals surface area contributed by atoms with E-state index >= 15 is 0 Å². The van der Waals surface area contributed by atoms with Gasteiger partial charge in [0.15, 0.2) is 5.75 Å². The molecule has 2 aromatic rings. The Balaban J connectivity index is 1.35. The first-order valence-corrected chi connectivity index (χ1v) is 9.59. The molecule has 148 valence electrons. The van der Waals surface area contributed by atoms with Crippen molar-refractivity contribution in [3.05, 3.63) is 42.5 Å². The third kappa shape index (κ3) is 4.06. The molecule has 0 aromatic carbocycles. The predicted molar refractivity (Wildman–Crippen MR) is 103 cm³/mol. The van der Waals surface area contributed by atoms with Gasteiger partial charge in [-0.2, -0.15) is 0 Å². The van der Waals surface area contributed by atoms with Crippen LogP contribution in [0.5, 0.6) is 5.75 Å². The Morgan fingerprint density at radius 2 is 2.00 bits per heavy atom. The van der Waals surface area contributed by atoms with Crippen molar-refractivity contribution in [1.82, 2.24) is 19.9 Å². The molecule has 4 rings (SSSR count). The number of hydrogen-bond acceptors (Lipinski definition) is 7. The Labute approximate surface area is 164 Å². The fourth-order valence-electron chi connectivity index (χ4n) is 3.84. The summed E-state index contributed by atoms with van der Waals surface area (Å²) >= 11 is 0. The number of morpholine rings is 1. The van der Waals surface area contributed by atoms with E-state index in [1.165, 1.54) is 0 Å². The Morgan fingerprint density at radius 3 is 2.68 bits per heavy atom. The van der Waals surface area contributed by atoms with Gasteiger partial charge in [-0.3, -0.25) is 9.78 Å². The summed E-state index contributed by atoms with van der Waals surface area (Å²) < 4.78 is 11.3. The number of nitrogens with zero attached hydrogens (tertiary/aromatic N) is 5. The van der Waals surface area contributed by atoms with Crippen molar-refractivity contribution in [1.29, 1.82) is 0 Å². The van der Waals surface area contributed by atoms with Gasteiger partial charge in [-0.25, -0.2) is 9.97 Å². The Morgan fingerprint density at radius 1 is 1.21 bits per heavy atom. The second kappa shape index (κ2) is 8.10. The van der Waals surface area contributed by atoms with E-state index < -0.39 is 0 Å². The molecule has 2 aromatic heterocycles. The van der Waals surface area contributed by atoms with E-state index in [0.29, 0.717) is 37.8 Å². The number of carbonyl (C=O) groups excluding carboxylic acids is 1. The zero-order valence-corrected chi connectivity index (χ0v) is 16.1. The summed E-state index contributed by atoms with van der Waals surface area (Å²) in [6.07, 6.45) is 8.92. The number of ether oxygens (including phenoxy) is 2. The molecule has 0 aliphatic carbocycles. The van der Waals surface area contributed by atoms with Crippen molar-refractivity contribution in [2.24, 2.45) is 0 Å². The molecule has 1 amide bonds. The van der Waals surface area contributed by atoms with Crippen LogP contribution in [0, 0.1) is 0 Å². The number of anilines is 1. The molecule has 0 N–H and O–H groups in total. The summed E-state index contributed by atoms with van der Waals surface area (Å²) in [5, 5.41) is 0. The number of pyridine rings is 1. The molecule has 1 spiro atoms. The molecule has 8 heteroatoms. The maximum absolute atomic E-state index is 12.7. The third-order valence-corrected chi connectivity index (χ3v) is 5.49. The van der Waals surface area contributed by atoms with Crippen LogP contribution in [0.4, 0.5) is 5.95 Å². The normalized spacial score (nSPS) is 18.9. The summed E-state index contributed by atoms with van der Waals surface area (Å²) in [6.45, 7) is 3.47. The lowest BCUT2D eigenvalue weighted by Gasteiger charge is -2.47. The van der Waals surface area contributed by atoms with Gasteiger partial charge in [0.1, 0.15) is 0 Å². The van der Waals surface area contributed by atoms with Crippen molar-refractivity contribution >= 4 is 11.9 Å². The number of aromatic nitrogens is 3. The first kappa shape index (κ1) is 18.6. The molecular formula is C20H25N5O3. The Bertz CT molecular complexity index is 791. The standard InChI is InChI=1S/C20H25N5O3/c1-27-17-13-22-19(23-14-17)24-7-4-20(5-8-24)15-25(9-10-28-20)18(26)11-16-3-2-6-21-12-16/h2-3,6,12-14H,4-5,7-11,15H2,1H3. The summed E-state index contributed by atoms with van der Waals surface area (Å²) in [4.78, 5) is 29.7. The number of carbonyl (C=O) groups is 1. The molecule has 2 fully saturated rings. The van der Waals surface area contributed by atoms with Crippen LogP contribution in [0.15, 0.2) is 36.9 Å². The molecule has 0 atom stereocenters. The Kier molecular flexibility index (Phi) is 5.38. The zero-order chi connectivity index (χ0) is 19.4. The van der Waals surface area contributed by atoms with Crippen LogP contribution in [0.25, 0.3) is 0 Å². The monoisotopic (exact) mass is 383 g/mol. The number of rotatable bonds is 4. The topological polar surface area (TPSA) is 80.7 Å². The number of hydrogen-bond donors (Lipinski definition) is 0. The van der Waals surface area contributed by atoms with Gasteiger partial charge in [0.05, 0.1) is 38.1 Å². The molecule has 4 heterocycles. The second-order valence-corrected chi connectivity index (χ2v) is 7.29. The van der Waals surface area contributed by atoms with E-state index in [4.69, 9.17) is 9.47 Å². The van der Waals surface area contributed by atoms with Crippen molar-refractivity contribution in [2.75, 3.05) is 44.8 Å². The van der Waals surface area contributed by atoms with Crippen molar-refractivity contribution in [2.45, 2.75) is 24.9 Å². The molecule has 0 saturated carbocycles. The third-order valence-electron chi connectivity index (χ3n) is 5.49. The van der Waals surface area contributed by atoms with Gasteiger partial charge in [-0.1, -0.05) is 6.07 Å². The smallest absolute Gasteiger partial charge is 0.227 e. The van der Waals surface area contributed by atoms with E-state index in [-0.39, 0.29) is 11.5 Å². The fourth-order valence-corrected chi connectivity index (χ4v) is 3.84. The molecule has 0 unspecified atom stereocenters. The van der Waals surface area contributed by atoms with Gasteiger partial charge in [0.25, 0.3) is 0 Å². The molecule has 0 bridgehead atoms. The SMILES string of the molecule is COc1cnc(N2CCC3(CC2)CN(C(=O)Cc2cccnc2)CCO3)nc1. The maximum atomic E-state index is 12.7. The highest BCUT2D eigenvalue weighted by Gasteiger charge is 2.41. The molecule has 0 radical (unpaired) electrons. The first-order chi connectivity index (χ1) is 13.7. The van der Waals surface area contributed by atoms with Crippen LogP contribution in [0.1, 0.15) is 18.4 Å². The van der Waals surface area contributed by atoms with Gasteiger partial charge in [0.2, 0.25) is 11.9 Å². The molecule has 2 aliphatic rings. The largest absolute Gasteiger partial charge is 0.494 e. The minimum atomic E-state index is -0.272. The number of amides is 1. The van der Waals surface area contributed by atoms with Crippen molar-refractivity contribution < 1.29 is 14.3 Å². The van der Waals surface area contributed by atoms with E-state index in [9.17, 15) is 4.79 Å². The van der Waals surface area contributed by atoms with Gasteiger partial charge in [0, 0.05) is 38.6 Å². The highest BCUT2D eigenvalue weighted by molar-refractivity contribution is 5.78. The van der Waals surface area contributed by atoms with Crippen LogP contribution >= 0.6 is 0 Å². The highest BCUT2D eigenvalue weighted by atomic mass is 16.5. The lowest BCUT2D eigenvalue weighted by atomic mass is 9.89. The molecule has 2 aliphatic heterocycles. The minimum Gasteiger partial charge on any atom is -0.494 e. The quantitative estimate of drug-likeness (QED) is 0.788. The van der Waals surface area contributed by atoms with Gasteiger partial charge in [-0.05, 0) is 24.5 Å². The molecular weight excluding hydrogens is 358 g/mol. The predicted octanol–water partition coefficient (Wildman–Crippen LogP) is 1.32. The van der Waals surface area contributed by atoms with Crippen molar-refractivity contribution in [3.8, 4) is 5.75 Å². The van der Waals surface area contributed by atoms with Crippen LogP contribution in [0.3, 0.4) is 0 Å². The lowest BCUT2D eigenvalue weighted by molar-refractivity contribution is -0.153. The summed E-state index contributed by atoms with van der Waals surface area (Å²) in [7, 11) is 1.60. The lowest BCUT2D eigenvalue weighted by Crippen LogP contribution is -2.58. The van der Waals surface area contributed by atoms with Crippen LogP contribution in [-0.4, -0.2) is 71.3 Å². The molecule has 28 heavy (non-hydrogen) atoms. The molecule has 2 saturated heterocycles. The second-order valence-electron chi connectivity index (χ2n) is 7.29. The molecule has 8 nitrogen and oxygen atoms in total. The van der Waals surface area contributed by atoms with Gasteiger partial charge >= 0.3 is 0 Å². The van der Waals surface area contributed by atoms with Crippen LogP contribution < -0.4 is 9.64 Å². The fraction of sp³-hybridized carbons (Fsp3) is 0.500. The van der Waals surface area contributed by atoms with Gasteiger partial charge in [-0.15, -0.1) is 0 Å². The number of piperidine rings is 1. The van der Waals surface area contributed by atoms with Crippen molar-refractivity contribution in [3.63, 3.8) is 0 Å².